The first-order chi connectivity index (χ1) is 29.7. The number of hydrogen-bond donors (Lipinski definition) is 2. The van der Waals surface area contributed by atoms with E-state index in [1.54, 1.807) is 9.80 Å². The maximum atomic E-state index is 14.8. The van der Waals surface area contributed by atoms with Gasteiger partial charge in [-0.3, -0.25) is 14.4 Å². The zero-order chi connectivity index (χ0) is 44.8. The SMILES string of the molecule is CCN(CC)C(=O)[C@H](CCCNC(=O)OCC1c2ccccc2-c2ccccc21)N(C=O)[C@@H]1CCCN1C(=O)[C@H](/C=C/[C@H](CC(C)C)NC(=O)OC(C)(C)C)Cc1ccccc1. The highest BCUT2D eigenvalue weighted by molar-refractivity contribution is 5.85. The van der Waals surface area contributed by atoms with E-state index in [1.165, 1.54) is 4.90 Å². The minimum absolute atomic E-state index is 0.0689. The molecule has 12 heteroatoms. The Labute approximate surface area is 368 Å². The Bertz CT molecular complexity index is 1950. The van der Waals surface area contributed by atoms with E-state index in [2.05, 4.69) is 48.7 Å². The number of benzene rings is 3. The topological polar surface area (TPSA) is 138 Å². The second kappa shape index (κ2) is 22.4. The molecule has 0 spiro atoms. The number of alkyl carbamates (subject to hydrolysis) is 2. The average Bonchev–Trinajstić information content (AvgIpc) is 3.85. The summed E-state index contributed by atoms with van der Waals surface area (Å²) >= 11 is 0. The van der Waals surface area contributed by atoms with Gasteiger partial charge in [0.2, 0.25) is 18.2 Å². The summed E-state index contributed by atoms with van der Waals surface area (Å²) in [7, 11) is 0. The molecule has 1 heterocycles. The molecule has 12 nitrogen and oxygen atoms in total. The molecule has 1 fully saturated rings. The Balaban J connectivity index is 1.29. The predicted octanol–water partition coefficient (Wildman–Crippen LogP) is 8.30. The first-order valence-corrected chi connectivity index (χ1v) is 22.4. The third-order valence-corrected chi connectivity index (χ3v) is 11.6. The van der Waals surface area contributed by atoms with Gasteiger partial charge in [-0.05, 0) is 107 Å². The molecule has 2 N–H and O–H groups in total. The number of nitrogens with one attached hydrogen (secondary N) is 2. The van der Waals surface area contributed by atoms with E-state index in [1.807, 2.05) is 101 Å². The van der Waals surface area contributed by atoms with Crippen LogP contribution >= 0.6 is 0 Å². The van der Waals surface area contributed by atoms with Gasteiger partial charge in [-0.1, -0.05) is 105 Å². The first kappa shape index (κ1) is 47.4. The molecule has 1 aliphatic heterocycles. The van der Waals surface area contributed by atoms with Crippen LogP contribution < -0.4 is 10.6 Å². The zero-order valence-electron chi connectivity index (χ0n) is 37.7. The van der Waals surface area contributed by atoms with Gasteiger partial charge in [-0.25, -0.2) is 9.59 Å². The van der Waals surface area contributed by atoms with Gasteiger partial charge in [0.15, 0.2) is 0 Å². The van der Waals surface area contributed by atoms with Crippen molar-refractivity contribution in [1.82, 2.24) is 25.3 Å². The third-order valence-electron chi connectivity index (χ3n) is 11.6. The molecule has 5 rings (SSSR count). The number of likely N-dealkylation sites (tertiary alicyclic amines) is 1. The van der Waals surface area contributed by atoms with Crippen LogP contribution in [0.15, 0.2) is 91.0 Å². The summed E-state index contributed by atoms with van der Waals surface area (Å²) < 4.78 is 11.3. The average molecular weight is 850 g/mol. The maximum Gasteiger partial charge on any atom is 0.408 e. The summed E-state index contributed by atoms with van der Waals surface area (Å²) in [5, 5.41) is 5.83. The summed E-state index contributed by atoms with van der Waals surface area (Å²) in [4.78, 5) is 72.9. The van der Waals surface area contributed by atoms with E-state index in [4.69, 9.17) is 9.47 Å². The van der Waals surface area contributed by atoms with Gasteiger partial charge in [-0.2, -0.15) is 0 Å². The lowest BCUT2D eigenvalue weighted by Gasteiger charge is -2.39. The molecule has 3 aromatic carbocycles. The van der Waals surface area contributed by atoms with Crippen molar-refractivity contribution in [3.05, 3.63) is 108 Å². The summed E-state index contributed by atoms with van der Waals surface area (Å²) in [5.41, 5.74) is 4.85. The number of fused-ring (bicyclic) bond motifs is 3. The van der Waals surface area contributed by atoms with Crippen LogP contribution in [0.4, 0.5) is 9.59 Å². The molecule has 0 radical (unpaired) electrons. The molecule has 1 saturated heterocycles. The van der Waals surface area contributed by atoms with Crippen LogP contribution in [0, 0.1) is 11.8 Å². The van der Waals surface area contributed by atoms with E-state index in [9.17, 15) is 24.0 Å². The lowest BCUT2D eigenvalue weighted by atomic mass is 9.95. The molecular weight excluding hydrogens is 783 g/mol. The minimum atomic E-state index is -0.855. The largest absolute Gasteiger partial charge is 0.449 e. The van der Waals surface area contributed by atoms with E-state index >= 15 is 0 Å². The third kappa shape index (κ3) is 12.7. The van der Waals surface area contributed by atoms with Crippen LogP contribution in [0.1, 0.15) is 103 Å². The van der Waals surface area contributed by atoms with E-state index in [0.29, 0.717) is 58.1 Å². The van der Waals surface area contributed by atoms with E-state index in [-0.39, 0.29) is 49.3 Å². The quantitative estimate of drug-likeness (QED) is 0.0663. The van der Waals surface area contributed by atoms with Gasteiger partial charge in [0, 0.05) is 32.1 Å². The molecule has 4 atom stereocenters. The number of ether oxygens (including phenoxy) is 2. The Morgan fingerprint density at radius 2 is 1.50 bits per heavy atom. The van der Waals surface area contributed by atoms with Crippen LogP contribution in [-0.2, 0) is 30.3 Å². The molecule has 62 heavy (non-hydrogen) atoms. The fraction of sp³-hybridized carbons (Fsp3) is 0.500. The van der Waals surface area contributed by atoms with Gasteiger partial charge in [0.05, 0.1) is 12.0 Å². The standard InChI is InChI=1S/C50H67N5O7/c1-8-53(9-2)47(58)44(25-17-29-51-48(59)61-33-43-41-23-15-13-21-39(41)40-22-14-16-24-42(40)43)55(34-56)45-26-18-30-54(45)46(57)37(32-36-19-11-10-12-20-36)27-28-38(31-35(3)4)52-49(60)62-50(5,6)7/h10-16,19-24,27-28,34-35,37-38,43-45H,8-9,17-18,25-26,29-33H2,1-7H3,(H,51,59)(H,52,60)/b28-27+/t37-,38-,44+,45-/m1/s1. The second-order valence-electron chi connectivity index (χ2n) is 17.7. The highest BCUT2D eigenvalue weighted by Crippen LogP contribution is 2.44. The fourth-order valence-electron chi connectivity index (χ4n) is 8.69. The molecule has 2 aliphatic rings. The van der Waals surface area contributed by atoms with Crippen molar-refractivity contribution in [2.24, 2.45) is 11.8 Å². The Kier molecular flexibility index (Phi) is 17.2. The number of carbonyl (C=O) groups is 5. The van der Waals surface area contributed by atoms with Crippen molar-refractivity contribution in [2.45, 2.75) is 117 Å². The molecule has 0 saturated carbocycles. The lowest BCUT2D eigenvalue weighted by molar-refractivity contribution is -0.150. The summed E-state index contributed by atoms with van der Waals surface area (Å²) in [6.07, 6.45) is 5.63. The van der Waals surface area contributed by atoms with Gasteiger partial charge in [0.1, 0.15) is 24.4 Å². The zero-order valence-corrected chi connectivity index (χ0v) is 37.7. The Morgan fingerprint density at radius 1 is 0.871 bits per heavy atom. The van der Waals surface area contributed by atoms with Crippen molar-refractivity contribution < 1.29 is 33.4 Å². The van der Waals surface area contributed by atoms with Crippen LogP contribution in [-0.4, -0.2) is 102 Å². The molecule has 3 aromatic rings. The van der Waals surface area contributed by atoms with Gasteiger partial charge < -0.3 is 34.8 Å². The molecule has 0 aromatic heterocycles. The Morgan fingerprint density at radius 3 is 2.10 bits per heavy atom. The first-order valence-electron chi connectivity index (χ1n) is 22.4. The van der Waals surface area contributed by atoms with Crippen molar-refractivity contribution in [3.63, 3.8) is 0 Å². The smallest absolute Gasteiger partial charge is 0.408 e. The highest BCUT2D eigenvalue weighted by atomic mass is 16.6. The van der Waals surface area contributed by atoms with Crippen LogP contribution in [0.2, 0.25) is 0 Å². The fourth-order valence-corrected chi connectivity index (χ4v) is 8.69. The summed E-state index contributed by atoms with van der Waals surface area (Å²) in [5.74, 6) is -0.791. The van der Waals surface area contributed by atoms with Crippen LogP contribution in [0.5, 0.6) is 0 Å². The number of carbonyl (C=O) groups excluding carboxylic acids is 5. The minimum Gasteiger partial charge on any atom is -0.449 e. The second-order valence-corrected chi connectivity index (χ2v) is 17.7. The molecule has 334 valence electrons. The van der Waals surface area contributed by atoms with Gasteiger partial charge in [-0.15, -0.1) is 0 Å². The molecule has 0 unspecified atom stereocenters. The maximum absolute atomic E-state index is 14.8. The van der Waals surface area contributed by atoms with Gasteiger partial charge in [0.25, 0.3) is 0 Å². The Hall–Kier alpha value is -5.65. The van der Waals surface area contributed by atoms with E-state index < -0.39 is 35.9 Å². The van der Waals surface area contributed by atoms with Gasteiger partial charge >= 0.3 is 12.2 Å². The summed E-state index contributed by atoms with van der Waals surface area (Å²) in [6.45, 7) is 15.1. The lowest BCUT2D eigenvalue weighted by Crippen LogP contribution is -2.57. The monoisotopic (exact) mass is 850 g/mol. The number of amides is 5. The normalized spacial score (nSPS) is 16.3. The number of rotatable bonds is 20. The highest BCUT2D eigenvalue weighted by Gasteiger charge is 2.41. The van der Waals surface area contributed by atoms with Crippen molar-refractivity contribution >= 4 is 30.4 Å². The van der Waals surface area contributed by atoms with E-state index in [0.717, 1.165) is 27.8 Å². The molecule has 1 aliphatic carbocycles. The molecule has 5 amide bonds. The van der Waals surface area contributed by atoms with Crippen LogP contribution in [0.25, 0.3) is 11.1 Å². The molecular formula is C50H67N5O7. The van der Waals surface area contributed by atoms with Crippen molar-refractivity contribution in [1.29, 1.82) is 0 Å². The molecule has 0 bridgehead atoms. The predicted molar refractivity (Wildman–Crippen MR) is 242 cm³/mol. The number of nitrogens with zero attached hydrogens (tertiary/aromatic N) is 3. The van der Waals surface area contributed by atoms with Crippen molar-refractivity contribution in [2.75, 3.05) is 32.8 Å². The van der Waals surface area contributed by atoms with Crippen LogP contribution in [0.3, 0.4) is 0 Å². The number of likely N-dealkylation sites (N-methyl/N-ethyl adjacent to an activating group) is 1. The van der Waals surface area contributed by atoms with Crippen molar-refractivity contribution in [3.8, 4) is 11.1 Å². The number of hydrogen-bond acceptors (Lipinski definition) is 7. The summed E-state index contributed by atoms with van der Waals surface area (Å²) in [6, 6.07) is 24.9.